The van der Waals surface area contributed by atoms with E-state index in [1.54, 1.807) is 0 Å². The number of aliphatic hydroxyl groups excluding tert-OH is 8. The second-order valence-corrected chi connectivity index (χ2v) is 11.2. The molecule has 4 aliphatic rings. The Labute approximate surface area is 240 Å². The summed E-state index contributed by atoms with van der Waals surface area (Å²) in [6.45, 7) is -1.53. The van der Waals surface area contributed by atoms with Gasteiger partial charge in [-0.1, -0.05) is 0 Å². The summed E-state index contributed by atoms with van der Waals surface area (Å²) in [6, 6.07) is -4.20. The lowest BCUT2D eigenvalue weighted by Crippen LogP contribution is -2.68. The molecule has 19 atom stereocenters. The van der Waals surface area contributed by atoms with E-state index in [4.69, 9.17) is 57.1 Å². The topological polar surface area (TPSA) is 347 Å². The molecule has 0 aromatic rings. The van der Waals surface area contributed by atoms with Gasteiger partial charge in [0.2, 0.25) is 0 Å². The average Bonchev–Trinajstić information content (AvgIpc) is 3.27. The molecule has 19 heteroatoms. The third-order valence-corrected chi connectivity index (χ3v) is 8.32. The van der Waals surface area contributed by atoms with Crippen molar-refractivity contribution in [3.63, 3.8) is 0 Å². The first-order valence-corrected chi connectivity index (χ1v) is 13.8. The highest BCUT2D eigenvalue weighted by Gasteiger charge is 2.54. The third-order valence-electron chi connectivity index (χ3n) is 8.32. The Morgan fingerprint density at radius 3 is 1.50 bits per heavy atom. The van der Waals surface area contributed by atoms with Crippen molar-refractivity contribution in [3.05, 3.63) is 0 Å². The number of hydrogen-bond donors (Lipinski definition) is 13. The first-order valence-electron chi connectivity index (χ1n) is 13.8. The molecule has 0 aromatic heterocycles. The van der Waals surface area contributed by atoms with Crippen LogP contribution in [0, 0.1) is 0 Å². The quantitative estimate of drug-likeness (QED) is 0.114. The van der Waals surface area contributed by atoms with E-state index in [2.05, 4.69) is 0 Å². The van der Waals surface area contributed by atoms with Crippen LogP contribution in [0.3, 0.4) is 0 Å². The Balaban J connectivity index is 1.43. The van der Waals surface area contributed by atoms with Gasteiger partial charge >= 0.3 is 0 Å². The molecule has 18 N–H and O–H groups in total. The van der Waals surface area contributed by atoms with Gasteiger partial charge in [0.25, 0.3) is 0 Å². The van der Waals surface area contributed by atoms with Crippen LogP contribution in [0.25, 0.3) is 0 Å². The van der Waals surface area contributed by atoms with Gasteiger partial charge in [-0.25, -0.2) is 0 Å². The van der Waals surface area contributed by atoms with Gasteiger partial charge in [0.05, 0.1) is 37.5 Å². The second kappa shape index (κ2) is 14.1. The van der Waals surface area contributed by atoms with E-state index in [1.807, 2.05) is 0 Å². The van der Waals surface area contributed by atoms with Gasteiger partial charge in [-0.2, -0.15) is 0 Å². The summed E-state index contributed by atoms with van der Waals surface area (Å²) < 4.78 is 34.2. The van der Waals surface area contributed by atoms with Crippen LogP contribution in [0.4, 0.5) is 0 Å². The molecule has 0 radical (unpaired) electrons. The van der Waals surface area contributed by atoms with Crippen LogP contribution in [0.5, 0.6) is 0 Å². The van der Waals surface area contributed by atoms with Gasteiger partial charge in [0.1, 0.15) is 61.0 Å². The lowest BCUT2D eigenvalue weighted by molar-refractivity contribution is -0.331. The van der Waals surface area contributed by atoms with E-state index in [0.29, 0.717) is 0 Å². The van der Waals surface area contributed by atoms with E-state index < -0.39 is 129 Å². The van der Waals surface area contributed by atoms with Crippen LogP contribution in [-0.4, -0.2) is 177 Å². The predicted octanol–water partition coefficient (Wildman–Crippen LogP) is -8.86. The first kappa shape index (κ1) is 34.1. The molecule has 246 valence electrons. The van der Waals surface area contributed by atoms with Gasteiger partial charge < -0.3 is 97.9 Å². The normalized spacial score (nSPS) is 53.8. The Kier molecular flexibility index (Phi) is 11.5. The molecule has 3 aliphatic heterocycles. The molecule has 0 amide bonds. The molecule has 4 rings (SSSR count). The molecule has 0 spiro atoms. The molecule has 1 aliphatic carbocycles. The van der Waals surface area contributed by atoms with Crippen LogP contribution in [-0.2, 0) is 28.4 Å². The van der Waals surface area contributed by atoms with E-state index in [0.717, 1.165) is 0 Å². The summed E-state index contributed by atoms with van der Waals surface area (Å²) in [5.41, 5.74) is 29.8. The van der Waals surface area contributed by atoms with Crippen molar-refractivity contribution in [2.75, 3.05) is 19.8 Å². The summed E-state index contributed by atoms with van der Waals surface area (Å²) in [4.78, 5) is 0. The van der Waals surface area contributed by atoms with E-state index in [9.17, 15) is 40.9 Å². The standard InChI is InChI=1S/C23H45N5O14/c24-2-7-18(40-21-10(27)15(34)14(33)8(3-29)38-21)16(35)11(28)22(37-7)41-19-9(4-30)39-23(17(19)36)42-20-12(31)5(25)1-6(26)13(20)32/h5-23,29-36H,1-4,24-28H2/t5-,6+,7-,8+,9+,10+,11+,12+,13-,14+,15+,16+,17+,18+,19+,20?,21+,22+,23-/m0/s1. The minimum Gasteiger partial charge on any atom is -0.394 e. The largest absolute Gasteiger partial charge is 0.394 e. The van der Waals surface area contributed by atoms with Crippen LogP contribution < -0.4 is 28.7 Å². The highest BCUT2D eigenvalue weighted by Crippen LogP contribution is 2.33. The summed E-state index contributed by atoms with van der Waals surface area (Å²) >= 11 is 0. The fraction of sp³-hybridized carbons (Fsp3) is 1.00. The number of aliphatic hydroxyl groups is 8. The van der Waals surface area contributed by atoms with Gasteiger partial charge in [0.15, 0.2) is 18.9 Å². The Morgan fingerprint density at radius 2 is 0.976 bits per heavy atom. The predicted molar refractivity (Wildman–Crippen MR) is 136 cm³/mol. The zero-order valence-corrected chi connectivity index (χ0v) is 22.7. The van der Waals surface area contributed by atoms with Gasteiger partial charge in [0, 0.05) is 18.6 Å². The fourth-order valence-corrected chi connectivity index (χ4v) is 5.69. The van der Waals surface area contributed by atoms with Crippen LogP contribution in [0.1, 0.15) is 6.42 Å². The van der Waals surface area contributed by atoms with Crippen LogP contribution in [0.15, 0.2) is 0 Å². The highest BCUT2D eigenvalue weighted by molar-refractivity contribution is 5.00. The first-order chi connectivity index (χ1) is 19.8. The summed E-state index contributed by atoms with van der Waals surface area (Å²) in [5, 5.41) is 82.5. The van der Waals surface area contributed by atoms with Gasteiger partial charge in [-0.3, -0.25) is 0 Å². The number of ether oxygens (including phenoxy) is 6. The average molecular weight is 616 g/mol. The molecule has 0 bridgehead atoms. The minimum absolute atomic E-state index is 0.136. The fourth-order valence-electron chi connectivity index (χ4n) is 5.69. The maximum atomic E-state index is 11.0. The number of nitrogens with two attached hydrogens (primary N) is 5. The van der Waals surface area contributed by atoms with Crippen molar-refractivity contribution in [2.45, 2.75) is 123 Å². The molecule has 1 unspecified atom stereocenters. The maximum Gasteiger partial charge on any atom is 0.187 e. The monoisotopic (exact) mass is 615 g/mol. The molecular weight excluding hydrogens is 570 g/mol. The van der Waals surface area contributed by atoms with Crippen molar-refractivity contribution in [3.8, 4) is 0 Å². The number of hydrogen-bond acceptors (Lipinski definition) is 19. The van der Waals surface area contributed by atoms with E-state index >= 15 is 0 Å². The molecule has 0 aromatic carbocycles. The van der Waals surface area contributed by atoms with E-state index in [1.165, 1.54) is 0 Å². The molecular formula is C23H45N5O14. The van der Waals surface area contributed by atoms with Gasteiger partial charge in [-0.05, 0) is 6.42 Å². The smallest absolute Gasteiger partial charge is 0.187 e. The SMILES string of the molecule is NC[C@@H]1O[C@H](O[C@H]2[C@@H](O)[C@H](OC3[C@@H](O)[C@H](N)C[C@H](N)[C@H]3O)O[C@@H]2CO)[C@H](N)[C@@H](O)[C@@H]1O[C@H]1O[C@H](CO)[C@@H](O)[C@H](O)[C@H]1N. The van der Waals surface area contributed by atoms with Crippen LogP contribution >= 0.6 is 0 Å². The minimum atomic E-state index is -1.59. The summed E-state index contributed by atoms with van der Waals surface area (Å²) in [5.74, 6) is 0. The second-order valence-electron chi connectivity index (χ2n) is 11.2. The lowest BCUT2D eigenvalue weighted by atomic mass is 9.84. The summed E-state index contributed by atoms with van der Waals surface area (Å²) in [6.07, 6.45) is -20.3. The molecule has 3 saturated heterocycles. The van der Waals surface area contributed by atoms with Gasteiger partial charge in [-0.15, -0.1) is 0 Å². The molecule has 3 heterocycles. The Morgan fingerprint density at radius 1 is 0.524 bits per heavy atom. The Bertz CT molecular complexity index is 852. The zero-order valence-electron chi connectivity index (χ0n) is 22.7. The molecule has 4 fully saturated rings. The van der Waals surface area contributed by atoms with Crippen LogP contribution in [0.2, 0.25) is 0 Å². The molecule has 19 nitrogen and oxygen atoms in total. The van der Waals surface area contributed by atoms with E-state index in [-0.39, 0.29) is 13.0 Å². The Hall–Kier alpha value is -0.760. The van der Waals surface area contributed by atoms with Crippen molar-refractivity contribution in [1.29, 1.82) is 0 Å². The van der Waals surface area contributed by atoms with Crippen molar-refractivity contribution >= 4 is 0 Å². The number of rotatable bonds is 9. The highest BCUT2D eigenvalue weighted by atomic mass is 16.8. The third kappa shape index (κ3) is 6.60. The zero-order chi connectivity index (χ0) is 31.0. The lowest BCUT2D eigenvalue weighted by Gasteiger charge is -2.47. The molecule has 42 heavy (non-hydrogen) atoms. The summed E-state index contributed by atoms with van der Waals surface area (Å²) in [7, 11) is 0. The molecule has 1 saturated carbocycles. The van der Waals surface area contributed by atoms with Crippen molar-refractivity contribution in [1.82, 2.24) is 0 Å². The van der Waals surface area contributed by atoms with Crippen molar-refractivity contribution < 1.29 is 69.3 Å². The van der Waals surface area contributed by atoms with Crippen molar-refractivity contribution in [2.24, 2.45) is 28.7 Å². The maximum absolute atomic E-state index is 11.0.